The van der Waals surface area contributed by atoms with E-state index < -0.39 is 10.0 Å². The largest absolute Gasteiger partial charge is 0.369 e. The standard InChI is InChI=1S/C15H19ClN4O2S/c1-19-10-15(17-11-19)23(21,22)18-12-5-4-8-20(9-12)14-7-3-2-6-13(14)16/h2-3,6-7,10-12,18H,4-5,8-9H2,1H3. The fourth-order valence-corrected chi connectivity index (χ4v) is 4.31. The second kappa shape index (κ2) is 6.51. The van der Waals surface area contributed by atoms with Crippen LogP contribution >= 0.6 is 11.6 Å². The van der Waals surface area contributed by atoms with Gasteiger partial charge in [0.2, 0.25) is 0 Å². The van der Waals surface area contributed by atoms with Crippen LogP contribution in [0.3, 0.4) is 0 Å². The molecule has 1 aliphatic heterocycles. The SMILES string of the molecule is Cn1cnc(S(=O)(=O)NC2CCCN(c3ccccc3Cl)C2)c1. The van der Waals surface area contributed by atoms with E-state index in [0.29, 0.717) is 11.6 Å². The number of hydrogen-bond donors (Lipinski definition) is 1. The summed E-state index contributed by atoms with van der Waals surface area (Å²) in [6, 6.07) is 7.46. The van der Waals surface area contributed by atoms with Gasteiger partial charge in [-0.25, -0.2) is 18.1 Å². The lowest BCUT2D eigenvalue weighted by atomic mass is 10.1. The van der Waals surface area contributed by atoms with E-state index in [0.717, 1.165) is 25.1 Å². The molecule has 8 heteroatoms. The Labute approximate surface area is 141 Å². The highest BCUT2D eigenvalue weighted by Gasteiger charge is 2.27. The zero-order valence-electron chi connectivity index (χ0n) is 12.8. The molecule has 3 rings (SSSR count). The normalized spacial score (nSPS) is 19.0. The summed E-state index contributed by atoms with van der Waals surface area (Å²) in [7, 11) is -1.85. The van der Waals surface area contributed by atoms with Gasteiger partial charge >= 0.3 is 0 Å². The third-order valence-corrected chi connectivity index (χ3v) is 5.62. The van der Waals surface area contributed by atoms with Gasteiger partial charge in [-0.15, -0.1) is 0 Å². The molecule has 0 radical (unpaired) electrons. The Balaban J connectivity index is 1.73. The molecular weight excluding hydrogens is 336 g/mol. The Morgan fingerprint density at radius 2 is 2.13 bits per heavy atom. The van der Waals surface area contributed by atoms with Gasteiger partial charge in [0.15, 0.2) is 5.03 Å². The third-order valence-electron chi connectivity index (χ3n) is 3.89. The number of aromatic nitrogens is 2. The Morgan fingerprint density at radius 3 is 2.83 bits per heavy atom. The van der Waals surface area contributed by atoms with E-state index in [4.69, 9.17) is 11.6 Å². The molecule has 1 fully saturated rings. The monoisotopic (exact) mass is 354 g/mol. The molecule has 0 bridgehead atoms. The summed E-state index contributed by atoms with van der Waals surface area (Å²) >= 11 is 6.24. The minimum absolute atomic E-state index is 0.0508. The Bertz CT molecular complexity index is 790. The van der Waals surface area contributed by atoms with E-state index >= 15 is 0 Å². The molecule has 0 saturated carbocycles. The van der Waals surface area contributed by atoms with E-state index in [1.165, 1.54) is 12.5 Å². The van der Waals surface area contributed by atoms with E-state index in [1.807, 2.05) is 24.3 Å². The van der Waals surface area contributed by atoms with Gasteiger partial charge in [-0.2, -0.15) is 0 Å². The lowest BCUT2D eigenvalue weighted by molar-refractivity contribution is 0.465. The van der Waals surface area contributed by atoms with Crippen LogP contribution in [0.5, 0.6) is 0 Å². The zero-order chi connectivity index (χ0) is 16.4. The quantitative estimate of drug-likeness (QED) is 0.912. The van der Waals surface area contributed by atoms with Crippen LogP contribution < -0.4 is 9.62 Å². The van der Waals surface area contributed by atoms with Crippen LogP contribution in [0.2, 0.25) is 5.02 Å². The molecule has 6 nitrogen and oxygen atoms in total. The molecule has 1 N–H and O–H groups in total. The summed E-state index contributed by atoms with van der Waals surface area (Å²) in [4.78, 5) is 6.04. The van der Waals surface area contributed by atoms with Gasteiger partial charge in [0, 0.05) is 32.4 Å². The maximum atomic E-state index is 12.4. The van der Waals surface area contributed by atoms with Crippen LogP contribution in [0.4, 0.5) is 5.69 Å². The lowest BCUT2D eigenvalue weighted by Gasteiger charge is -2.34. The van der Waals surface area contributed by atoms with Crippen molar-refractivity contribution in [1.82, 2.24) is 14.3 Å². The van der Waals surface area contributed by atoms with Crippen molar-refractivity contribution in [3.05, 3.63) is 41.8 Å². The summed E-state index contributed by atoms with van der Waals surface area (Å²) in [5.41, 5.74) is 0.941. The summed E-state index contributed by atoms with van der Waals surface area (Å²) in [6.07, 6.45) is 4.68. The van der Waals surface area contributed by atoms with Crippen LogP contribution in [0.25, 0.3) is 0 Å². The number of nitrogens with one attached hydrogen (secondary N) is 1. The minimum atomic E-state index is -3.60. The van der Waals surface area contributed by atoms with Crippen LogP contribution in [-0.4, -0.2) is 37.1 Å². The number of imidazole rings is 1. The number of nitrogens with zero attached hydrogens (tertiary/aromatic N) is 3. The molecule has 23 heavy (non-hydrogen) atoms. The zero-order valence-corrected chi connectivity index (χ0v) is 14.4. The van der Waals surface area contributed by atoms with Gasteiger partial charge in [-0.3, -0.25) is 0 Å². The second-order valence-electron chi connectivity index (χ2n) is 5.74. The molecule has 1 aliphatic rings. The van der Waals surface area contributed by atoms with Crippen molar-refractivity contribution < 1.29 is 8.42 Å². The van der Waals surface area contributed by atoms with Gasteiger partial charge in [0.1, 0.15) is 0 Å². The predicted octanol–water partition coefficient (Wildman–Crippen LogP) is 2.02. The van der Waals surface area contributed by atoms with E-state index in [2.05, 4.69) is 14.6 Å². The van der Waals surface area contributed by atoms with Gasteiger partial charge in [-0.1, -0.05) is 23.7 Å². The summed E-state index contributed by atoms with van der Waals surface area (Å²) < 4.78 is 29.2. The smallest absolute Gasteiger partial charge is 0.259 e. The summed E-state index contributed by atoms with van der Waals surface area (Å²) in [5.74, 6) is 0. The molecule has 1 unspecified atom stereocenters. The molecule has 1 aromatic heterocycles. The number of sulfonamides is 1. The van der Waals surface area contributed by atoms with Crippen LogP contribution in [0.15, 0.2) is 41.8 Å². The molecule has 124 valence electrons. The van der Waals surface area contributed by atoms with Gasteiger partial charge in [-0.05, 0) is 25.0 Å². The van der Waals surface area contributed by atoms with Crippen LogP contribution in [0, 0.1) is 0 Å². The first kappa shape index (κ1) is 16.3. The summed E-state index contributed by atoms with van der Waals surface area (Å²) in [5, 5.41) is 0.732. The van der Waals surface area contributed by atoms with Crippen molar-refractivity contribution in [1.29, 1.82) is 0 Å². The maximum Gasteiger partial charge on any atom is 0.259 e. The van der Waals surface area contributed by atoms with Crippen molar-refractivity contribution in [3.63, 3.8) is 0 Å². The third kappa shape index (κ3) is 3.68. The number of hydrogen-bond acceptors (Lipinski definition) is 4. The first-order chi connectivity index (χ1) is 11.0. The Morgan fingerprint density at radius 1 is 1.35 bits per heavy atom. The number of para-hydroxylation sites is 1. The average molecular weight is 355 g/mol. The predicted molar refractivity (Wildman–Crippen MR) is 90.2 cm³/mol. The van der Waals surface area contributed by atoms with E-state index in [-0.39, 0.29) is 11.1 Å². The molecule has 2 heterocycles. The number of halogens is 1. The Hall–Kier alpha value is -1.57. The lowest BCUT2D eigenvalue weighted by Crippen LogP contribution is -2.47. The van der Waals surface area contributed by atoms with Crippen LogP contribution in [0.1, 0.15) is 12.8 Å². The first-order valence-corrected chi connectivity index (χ1v) is 9.31. The molecule has 2 aromatic rings. The average Bonchev–Trinajstić information content (AvgIpc) is 2.95. The number of anilines is 1. The van der Waals surface area contributed by atoms with Gasteiger partial charge in [0.25, 0.3) is 10.0 Å². The fourth-order valence-electron chi connectivity index (χ4n) is 2.81. The number of rotatable bonds is 4. The second-order valence-corrected chi connectivity index (χ2v) is 7.80. The highest BCUT2D eigenvalue weighted by Crippen LogP contribution is 2.28. The molecule has 1 saturated heterocycles. The molecular formula is C15H19ClN4O2S. The highest BCUT2D eigenvalue weighted by atomic mass is 35.5. The fraction of sp³-hybridized carbons (Fsp3) is 0.400. The van der Waals surface area contributed by atoms with E-state index in [9.17, 15) is 8.42 Å². The molecule has 1 aromatic carbocycles. The van der Waals surface area contributed by atoms with Crippen LogP contribution in [-0.2, 0) is 17.1 Å². The maximum absolute atomic E-state index is 12.4. The van der Waals surface area contributed by atoms with E-state index in [1.54, 1.807) is 11.6 Å². The van der Waals surface area contributed by atoms with Gasteiger partial charge < -0.3 is 9.47 Å². The molecule has 1 atom stereocenters. The van der Waals surface area contributed by atoms with Crippen molar-refractivity contribution in [2.75, 3.05) is 18.0 Å². The number of benzene rings is 1. The van der Waals surface area contributed by atoms with Crippen molar-refractivity contribution in [2.45, 2.75) is 23.9 Å². The molecule has 0 spiro atoms. The number of aryl methyl sites for hydroxylation is 1. The van der Waals surface area contributed by atoms with Crippen molar-refractivity contribution >= 4 is 27.3 Å². The van der Waals surface area contributed by atoms with Crippen molar-refractivity contribution in [2.24, 2.45) is 7.05 Å². The first-order valence-electron chi connectivity index (χ1n) is 7.45. The Kier molecular flexibility index (Phi) is 4.61. The van der Waals surface area contributed by atoms with Crippen molar-refractivity contribution in [3.8, 4) is 0 Å². The molecule has 0 amide bonds. The highest BCUT2D eigenvalue weighted by molar-refractivity contribution is 7.89. The van der Waals surface area contributed by atoms with Gasteiger partial charge in [0.05, 0.1) is 17.0 Å². The topological polar surface area (TPSA) is 67.2 Å². The number of piperidine rings is 1. The summed E-state index contributed by atoms with van der Waals surface area (Å²) in [6.45, 7) is 1.46. The minimum Gasteiger partial charge on any atom is -0.369 e. The molecule has 0 aliphatic carbocycles.